The molecule has 0 radical (unpaired) electrons. The van der Waals surface area contributed by atoms with Crippen molar-refractivity contribution < 1.29 is 15.3 Å². The van der Waals surface area contributed by atoms with Crippen LogP contribution in [0.5, 0.6) is 17.2 Å². The second-order valence-electron chi connectivity index (χ2n) is 11.3. The minimum Gasteiger partial charge on any atom is -0.508 e. The van der Waals surface area contributed by atoms with Gasteiger partial charge in [0.05, 0.1) is 0 Å². The molecule has 0 heterocycles. The van der Waals surface area contributed by atoms with Gasteiger partial charge in [0.1, 0.15) is 17.2 Å². The van der Waals surface area contributed by atoms with E-state index < -0.39 is 0 Å². The number of phenols is 3. The Bertz CT molecular complexity index is 1870. The van der Waals surface area contributed by atoms with E-state index in [0.717, 1.165) is 32.3 Å². The quantitative estimate of drug-likeness (QED) is 0.166. The number of benzene rings is 8. The summed E-state index contributed by atoms with van der Waals surface area (Å²) in [5.74, 6) is 0.573. The molecule has 3 heteroatoms. The van der Waals surface area contributed by atoms with Crippen LogP contribution < -0.4 is 0 Å². The third-order valence-corrected chi connectivity index (χ3v) is 8.28. The van der Waals surface area contributed by atoms with Crippen LogP contribution in [0.25, 0.3) is 64.6 Å². The predicted octanol–water partition coefficient (Wildman–Crippen LogP) is 10.3. The SMILES string of the molecule is Cc1ccc2c(c1)c1ccc(C)cc1c1ccc(C)cc21.Oc1ccc2c(c1)c1ccc(O)cc1c1ccc(O)cc21. The van der Waals surface area contributed by atoms with Gasteiger partial charge in [0.2, 0.25) is 0 Å². The van der Waals surface area contributed by atoms with Gasteiger partial charge in [-0.05, 0) is 122 Å². The molecular formula is C39H30O3. The summed E-state index contributed by atoms with van der Waals surface area (Å²) in [5.41, 5.74) is 3.95. The molecule has 0 saturated carbocycles. The van der Waals surface area contributed by atoms with E-state index in [-0.39, 0.29) is 17.2 Å². The standard InChI is InChI=1S/C21H18.C18H12O3/c1-13-4-7-16-19(10-13)17-8-5-14(2)12-21(17)18-9-6-15(3)11-20(16)18;19-10-1-4-13-16(7-10)14-5-2-12(21)9-18(14)15-6-3-11(20)8-17(13)15/h4-12H,1-3H3;1-9,19-21H. The first-order chi connectivity index (χ1) is 20.3. The molecule has 8 aromatic rings. The maximum absolute atomic E-state index is 9.77. The Morgan fingerprint density at radius 3 is 0.738 bits per heavy atom. The van der Waals surface area contributed by atoms with E-state index in [1.807, 2.05) is 18.2 Å². The third kappa shape index (κ3) is 4.22. The molecule has 0 amide bonds. The molecular weight excluding hydrogens is 516 g/mol. The van der Waals surface area contributed by atoms with E-state index in [1.165, 1.54) is 49.0 Å². The summed E-state index contributed by atoms with van der Waals surface area (Å²) < 4.78 is 0. The molecule has 42 heavy (non-hydrogen) atoms. The summed E-state index contributed by atoms with van der Waals surface area (Å²) >= 11 is 0. The second kappa shape index (κ2) is 9.67. The van der Waals surface area contributed by atoms with Gasteiger partial charge in [0.25, 0.3) is 0 Å². The monoisotopic (exact) mass is 546 g/mol. The van der Waals surface area contributed by atoms with Crippen molar-refractivity contribution in [1.82, 2.24) is 0 Å². The lowest BCUT2D eigenvalue weighted by atomic mass is 9.92. The number of hydrogen-bond donors (Lipinski definition) is 3. The van der Waals surface area contributed by atoms with Crippen LogP contribution in [0.2, 0.25) is 0 Å². The lowest BCUT2D eigenvalue weighted by Gasteiger charge is -2.12. The number of phenolic OH excluding ortho intramolecular Hbond substituents is 3. The molecule has 0 aromatic heterocycles. The van der Waals surface area contributed by atoms with Crippen LogP contribution in [0.15, 0.2) is 109 Å². The van der Waals surface area contributed by atoms with Gasteiger partial charge in [-0.15, -0.1) is 0 Å². The molecule has 8 aromatic carbocycles. The fourth-order valence-corrected chi connectivity index (χ4v) is 6.32. The maximum Gasteiger partial charge on any atom is 0.116 e. The average Bonchev–Trinajstić information content (AvgIpc) is 2.97. The fraction of sp³-hybridized carbons (Fsp3) is 0.0769. The van der Waals surface area contributed by atoms with Crippen LogP contribution in [0.3, 0.4) is 0 Å². The smallest absolute Gasteiger partial charge is 0.116 e. The van der Waals surface area contributed by atoms with Crippen molar-refractivity contribution in [2.75, 3.05) is 0 Å². The first kappa shape index (κ1) is 25.7. The number of hydrogen-bond acceptors (Lipinski definition) is 3. The van der Waals surface area contributed by atoms with Gasteiger partial charge in [0.15, 0.2) is 0 Å². The molecule has 8 rings (SSSR count). The Morgan fingerprint density at radius 2 is 0.476 bits per heavy atom. The molecule has 204 valence electrons. The third-order valence-electron chi connectivity index (χ3n) is 8.28. The molecule has 0 atom stereocenters. The van der Waals surface area contributed by atoms with Crippen LogP contribution in [-0.2, 0) is 0 Å². The Balaban J connectivity index is 0.000000137. The van der Waals surface area contributed by atoms with Gasteiger partial charge in [-0.3, -0.25) is 0 Å². The highest BCUT2D eigenvalue weighted by Crippen LogP contribution is 2.39. The minimum absolute atomic E-state index is 0.191. The van der Waals surface area contributed by atoms with Gasteiger partial charge in [-0.1, -0.05) is 89.5 Å². The fourth-order valence-electron chi connectivity index (χ4n) is 6.32. The summed E-state index contributed by atoms with van der Waals surface area (Å²) in [4.78, 5) is 0. The minimum atomic E-state index is 0.191. The number of fused-ring (bicyclic) bond motifs is 12. The van der Waals surface area contributed by atoms with Gasteiger partial charge in [0, 0.05) is 0 Å². The lowest BCUT2D eigenvalue weighted by Crippen LogP contribution is -1.86. The Kier molecular flexibility index (Phi) is 5.91. The predicted molar refractivity (Wildman–Crippen MR) is 177 cm³/mol. The van der Waals surface area contributed by atoms with Crippen LogP contribution >= 0.6 is 0 Å². The Hall–Kier alpha value is -5.28. The molecule has 0 fully saturated rings. The molecule has 0 saturated heterocycles. The van der Waals surface area contributed by atoms with Crippen molar-refractivity contribution in [3.8, 4) is 17.2 Å². The van der Waals surface area contributed by atoms with E-state index in [9.17, 15) is 15.3 Å². The molecule has 0 aliphatic carbocycles. The highest BCUT2D eigenvalue weighted by atomic mass is 16.3. The zero-order valence-corrected chi connectivity index (χ0v) is 23.7. The zero-order chi connectivity index (χ0) is 29.1. The van der Waals surface area contributed by atoms with Crippen molar-refractivity contribution in [3.63, 3.8) is 0 Å². The molecule has 3 nitrogen and oxygen atoms in total. The molecule has 0 spiro atoms. The second-order valence-corrected chi connectivity index (χ2v) is 11.3. The summed E-state index contributed by atoms with van der Waals surface area (Å²) in [5, 5.41) is 43.0. The van der Waals surface area contributed by atoms with Gasteiger partial charge >= 0.3 is 0 Å². The van der Waals surface area contributed by atoms with Crippen LogP contribution in [-0.4, -0.2) is 15.3 Å². The maximum atomic E-state index is 9.77. The first-order valence-corrected chi connectivity index (χ1v) is 14.1. The van der Waals surface area contributed by atoms with Gasteiger partial charge < -0.3 is 15.3 Å². The van der Waals surface area contributed by atoms with E-state index in [4.69, 9.17) is 0 Å². The van der Waals surface area contributed by atoms with Crippen LogP contribution in [0.1, 0.15) is 16.7 Å². The zero-order valence-electron chi connectivity index (χ0n) is 23.7. The molecule has 3 N–H and O–H groups in total. The molecule has 0 bridgehead atoms. The van der Waals surface area contributed by atoms with Gasteiger partial charge in [-0.2, -0.15) is 0 Å². The van der Waals surface area contributed by atoms with Crippen molar-refractivity contribution >= 4 is 64.6 Å². The number of rotatable bonds is 0. The van der Waals surface area contributed by atoms with E-state index in [2.05, 4.69) is 75.4 Å². The van der Waals surface area contributed by atoms with Crippen molar-refractivity contribution in [1.29, 1.82) is 0 Å². The Labute approximate surface area is 243 Å². The normalized spacial score (nSPS) is 11.5. The van der Waals surface area contributed by atoms with Crippen molar-refractivity contribution in [2.24, 2.45) is 0 Å². The largest absolute Gasteiger partial charge is 0.508 e. The molecule has 0 unspecified atom stereocenters. The van der Waals surface area contributed by atoms with E-state index >= 15 is 0 Å². The number of aryl methyl sites for hydroxylation is 3. The van der Waals surface area contributed by atoms with E-state index in [1.54, 1.807) is 36.4 Å². The van der Waals surface area contributed by atoms with Crippen LogP contribution in [0.4, 0.5) is 0 Å². The van der Waals surface area contributed by atoms with Crippen molar-refractivity contribution in [2.45, 2.75) is 20.8 Å². The summed E-state index contributed by atoms with van der Waals surface area (Å²) in [6, 6.07) is 36.0. The average molecular weight is 547 g/mol. The highest BCUT2D eigenvalue weighted by Gasteiger charge is 2.11. The highest BCUT2D eigenvalue weighted by molar-refractivity contribution is 6.26. The first-order valence-electron chi connectivity index (χ1n) is 14.1. The molecule has 0 aliphatic rings. The Morgan fingerprint density at radius 1 is 0.262 bits per heavy atom. The lowest BCUT2D eigenvalue weighted by molar-refractivity contribution is 0.476. The van der Waals surface area contributed by atoms with E-state index in [0.29, 0.717) is 0 Å². The van der Waals surface area contributed by atoms with Crippen LogP contribution in [0, 0.1) is 20.8 Å². The van der Waals surface area contributed by atoms with Crippen molar-refractivity contribution in [3.05, 3.63) is 126 Å². The van der Waals surface area contributed by atoms with Gasteiger partial charge in [-0.25, -0.2) is 0 Å². The topological polar surface area (TPSA) is 60.7 Å². The summed E-state index contributed by atoms with van der Waals surface area (Å²) in [7, 11) is 0. The number of aromatic hydroxyl groups is 3. The summed E-state index contributed by atoms with van der Waals surface area (Å²) in [6.07, 6.45) is 0. The summed E-state index contributed by atoms with van der Waals surface area (Å²) in [6.45, 7) is 6.50. The molecule has 0 aliphatic heterocycles.